The highest BCUT2D eigenvalue weighted by atomic mass is 16.2. The van der Waals surface area contributed by atoms with E-state index in [1.807, 2.05) is 73.7 Å². The number of anilines is 2. The van der Waals surface area contributed by atoms with Gasteiger partial charge in [-0.1, -0.05) is 79.7 Å². The third-order valence-corrected chi connectivity index (χ3v) is 5.87. The summed E-state index contributed by atoms with van der Waals surface area (Å²) >= 11 is 0. The summed E-state index contributed by atoms with van der Waals surface area (Å²) in [5.41, 5.74) is 3.24. The minimum atomic E-state index is -0.356. The number of fused-ring (bicyclic) bond motifs is 1. The number of hydrogen-bond donors (Lipinski definition) is 2. The van der Waals surface area contributed by atoms with E-state index in [-0.39, 0.29) is 36.9 Å². The molecular formula is C27H28N4O3. The van der Waals surface area contributed by atoms with Crippen molar-refractivity contribution in [2.75, 3.05) is 29.4 Å². The minimum absolute atomic E-state index is 0.100. The lowest BCUT2D eigenvalue weighted by Crippen LogP contribution is -2.53. The molecule has 7 heteroatoms. The quantitative estimate of drug-likeness (QED) is 0.569. The average molecular weight is 457 g/mol. The van der Waals surface area contributed by atoms with E-state index in [1.165, 1.54) is 9.80 Å². The number of para-hydroxylation sites is 2. The van der Waals surface area contributed by atoms with Gasteiger partial charge < -0.3 is 10.6 Å². The molecular weight excluding hydrogens is 428 g/mol. The van der Waals surface area contributed by atoms with Crippen molar-refractivity contribution in [3.05, 3.63) is 96.1 Å². The van der Waals surface area contributed by atoms with Gasteiger partial charge in [-0.05, 0) is 29.2 Å². The molecule has 4 amide bonds. The van der Waals surface area contributed by atoms with Crippen LogP contribution in [0.2, 0.25) is 0 Å². The van der Waals surface area contributed by atoms with Gasteiger partial charge in [0.15, 0.2) is 0 Å². The molecule has 0 saturated heterocycles. The van der Waals surface area contributed by atoms with Crippen molar-refractivity contribution >= 4 is 29.2 Å². The third kappa shape index (κ3) is 5.43. The Morgan fingerprint density at radius 3 is 2.18 bits per heavy atom. The van der Waals surface area contributed by atoms with Crippen LogP contribution in [-0.4, -0.2) is 37.5 Å². The second-order valence-electron chi connectivity index (χ2n) is 8.31. The maximum absolute atomic E-state index is 13.0. The third-order valence-electron chi connectivity index (χ3n) is 5.87. The highest BCUT2D eigenvalue weighted by Crippen LogP contribution is 2.33. The first-order valence-electron chi connectivity index (χ1n) is 11.3. The van der Waals surface area contributed by atoms with Gasteiger partial charge in [-0.15, -0.1) is 0 Å². The Hall–Kier alpha value is -4.13. The summed E-state index contributed by atoms with van der Waals surface area (Å²) in [4.78, 5) is 41.4. The van der Waals surface area contributed by atoms with Crippen molar-refractivity contribution in [3.8, 4) is 0 Å². The standard InChI is InChI=1S/C27H28N4O3/c1-20(22-12-6-3-7-13-22)16-28-25(32)18-30-23-14-8-9-15-24(23)31(19-26(30)33)27(34)29-17-21-10-4-2-5-11-21/h2-15,20H,16-19H2,1H3,(H,28,32)(H,29,34). The van der Waals surface area contributed by atoms with Gasteiger partial charge >= 0.3 is 6.03 Å². The normalized spacial score (nSPS) is 13.7. The predicted molar refractivity (Wildman–Crippen MR) is 133 cm³/mol. The lowest BCUT2D eigenvalue weighted by Gasteiger charge is -2.35. The maximum Gasteiger partial charge on any atom is 0.322 e. The lowest BCUT2D eigenvalue weighted by molar-refractivity contribution is -0.123. The molecule has 3 aromatic rings. The van der Waals surface area contributed by atoms with Gasteiger partial charge in [0.05, 0.1) is 11.4 Å². The van der Waals surface area contributed by atoms with Crippen molar-refractivity contribution in [1.82, 2.24) is 10.6 Å². The Kier molecular flexibility index (Phi) is 7.22. The van der Waals surface area contributed by atoms with Crippen molar-refractivity contribution in [2.45, 2.75) is 19.4 Å². The Balaban J connectivity index is 1.41. The van der Waals surface area contributed by atoms with Crippen LogP contribution in [0, 0.1) is 0 Å². The van der Waals surface area contributed by atoms with Gasteiger partial charge in [-0.2, -0.15) is 0 Å². The fraction of sp³-hybridized carbons (Fsp3) is 0.222. The lowest BCUT2D eigenvalue weighted by atomic mass is 10.0. The van der Waals surface area contributed by atoms with Gasteiger partial charge in [0.2, 0.25) is 11.8 Å². The Bertz CT molecular complexity index is 1150. The summed E-state index contributed by atoms with van der Waals surface area (Å²) in [5.74, 6) is -0.397. The van der Waals surface area contributed by atoms with Gasteiger partial charge in [-0.25, -0.2) is 4.79 Å². The fourth-order valence-electron chi connectivity index (χ4n) is 3.95. The molecule has 1 heterocycles. The van der Waals surface area contributed by atoms with E-state index >= 15 is 0 Å². The zero-order chi connectivity index (χ0) is 23.9. The van der Waals surface area contributed by atoms with Gasteiger partial charge in [-0.3, -0.25) is 19.4 Å². The Morgan fingerprint density at radius 1 is 0.853 bits per heavy atom. The van der Waals surface area contributed by atoms with E-state index in [0.29, 0.717) is 24.5 Å². The number of benzene rings is 3. The molecule has 4 rings (SSSR count). The summed E-state index contributed by atoms with van der Waals surface area (Å²) in [6.07, 6.45) is 0. The first-order chi connectivity index (χ1) is 16.5. The molecule has 3 aromatic carbocycles. The minimum Gasteiger partial charge on any atom is -0.354 e. The smallest absolute Gasteiger partial charge is 0.322 e. The summed E-state index contributed by atoms with van der Waals surface area (Å²) in [6, 6.07) is 26.3. The number of amides is 4. The van der Waals surface area contributed by atoms with Crippen molar-refractivity contribution in [1.29, 1.82) is 0 Å². The van der Waals surface area contributed by atoms with E-state index < -0.39 is 0 Å². The van der Waals surface area contributed by atoms with Gasteiger partial charge in [0, 0.05) is 13.1 Å². The van der Waals surface area contributed by atoms with Crippen molar-refractivity contribution < 1.29 is 14.4 Å². The van der Waals surface area contributed by atoms with Gasteiger partial charge in [0.1, 0.15) is 13.1 Å². The molecule has 7 nitrogen and oxygen atoms in total. The highest BCUT2D eigenvalue weighted by molar-refractivity contribution is 6.12. The van der Waals surface area contributed by atoms with Crippen molar-refractivity contribution in [3.63, 3.8) is 0 Å². The zero-order valence-corrected chi connectivity index (χ0v) is 19.1. The molecule has 0 radical (unpaired) electrons. The summed E-state index contributed by atoms with van der Waals surface area (Å²) in [5, 5.41) is 5.80. The second kappa shape index (κ2) is 10.7. The van der Waals surface area contributed by atoms with Gasteiger partial charge in [0.25, 0.3) is 0 Å². The molecule has 1 aliphatic heterocycles. The molecule has 174 valence electrons. The molecule has 0 saturated carbocycles. The number of carbonyl (C=O) groups is 3. The fourth-order valence-corrected chi connectivity index (χ4v) is 3.95. The maximum atomic E-state index is 13.0. The Labute approximate surface area is 199 Å². The summed E-state index contributed by atoms with van der Waals surface area (Å²) in [7, 11) is 0. The van der Waals surface area contributed by atoms with E-state index in [2.05, 4.69) is 10.6 Å². The summed E-state index contributed by atoms with van der Waals surface area (Å²) < 4.78 is 0. The molecule has 1 unspecified atom stereocenters. The van der Waals surface area contributed by atoms with E-state index in [0.717, 1.165) is 11.1 Å². The SMILES string of the molecule is CC(CNC(=O)CN1C(=O)CN(C(=O)NCc2ccccc2)c2ccccc21)c1ccccc1. The first kappa shape index (κ1) is 23.0. The van der Waals surface area contributed by atoms with E-state index in [1.54, 1.807) is 18.2 Å². The van der Waals surface area contributed by atoms with Crippen LogP contribution in [0.1, 0.15) is 24.0 Å². The molecule has 0 spiro atoms. The predicted octanol–water partition coefficient (Wildman–Crippen LogP) is 3.67. The van der Waals surface area contributed by atoms with E-state index in [9.17, 15) is 14.4 Å². The van der Waals surface area contributed by atoms with Crippen LogP contribution in [-0.2, 0) is 16.1 Å². The number of hydrogen-bond acceptors (Lipinski definition) is 3. The van der Waals surface area contributed by atoms with Crippen LogP contribution in [0.4, 0.5) is 16.2 Å². The van der Waals surface area contributed by atoms with Crippen LogP contribution >= 0.6 is 0 Å². The van der Waals surface area contributed by atoms with Crippen molar-refractivity contribution in [2.24, 2.45) is 0 Å². The molecule has 0 bridgehead atoms. The zero-order valence-electron chi connectivity index (χ0n) is 19.1. The van der Waals surface area contributed by atoms with Crippen LogP contribution in [0.15, 0.2) is 84.9 Å². The number of nitrogens with one attached hydrogen (secondary N) is 2. The second-order valence-corrected chi connectivity index (χ2v) is 8.31. The van der Waals surface area contributed by atoms with Crippen LogP contribution in [0.25, 0.3) is 0 Å². The summed E-state index contributed by atoms with van der Waals surface area (Å²) in [6.45, 7) is 2.64. The molecule has 1 aliphatic rings. The molecule has 0 aliphatic carbocycles. The average Bonchev–Trinajstić information content (AvgIpc) is 2.88. The highest BCUT2D eigenvalue weighted by Gasteiger charge is 2.33. The molecule has 0 fully saturated rings. The van der Waals surface area contributed by atoms with Crippen LogP contribution < -0.4 is 20.4 Å². The Morgan fingerprint density at radius 2 is 1.47 bits per heavy atom. The number of rotatable bonds is 7. The van der Waals surface area contributed by atoms with Crippen LogP contribution in [0.3, 0.4) is 0 Å². The first-order valence-corrected chi connectivity index (χ1v) is 11.3. The van der Waals surface area contributed by atoms with E-state index in [4.69, 9.17) is 0 Å². The molecule has 2 N–H and O–H groups in total. The number of carbonyl (C=O) groups excluding carboxylic acids is 3. The largest absolute Gasteiger partial charge is 0.354 e. The number of urea groups is 1. The number of nitrogens with zero attached hydrogens (tertiary/aromatic N) is 2. The van der Waals surface area contributed by atoms with Crippen LogP contribution in [0.5, 0.6) is 0 Å². The molecule has 0 aromatic heterocycles. The monoisotopic (exact) mass is 456 g/mol. The molecule has 34 heavy (non-hydrogen) atoms. The topological polar surface area (TPSA) is 81.8 Å². The molecule has 1 atom stereocenters.